The topological polar surface area (TPSA) is 89.9 Å². The fraction of sp³-hybridized carbons (Fsp3) is 0.556. The number of anilines is 1. The van der Waals surface area contributed by atoms with Crippen LogP contribution < -0.4 is 10.2 Å². The van der Waals surface area contributed by atoms with Crippen LogP contribution in [0.2, 0.25) is 0 Å². The molecule has 0 aliphatic carbocycles. The number of hydrogen-bond acceptors (Lipinski definition) is 5. The maximum absolute atomic E-state index is 13.0. The van der Waals surface area contributed by atoms with Gasteiger partial charge in [0.25, 0.3) is 0 Å². The van der Waals surface area contributed by atoms with Gasteiger partial charge in [-0.25, -0.2) is 4.39 Å². The molecule has 1 saturated heterocycles. The van der Waals surface area contributed by atoms with Crippen molar-refractivity contribution in [2.45, 2.75) is 51.5 Å². The summed E-state index contributed by atoms with van der Waals surface area (Å²) in [4.78, 5) is 26.3. The number of carbonyl (C=O) groups is 2. The number of carbonyl (C=O) groups excluding carboxylic acids is 2. The first-order valence-electron chi connectivity index (χ1n) is 8.98. The van der Waals surface area contributed by atoms with Gasteiger partial charge in [-0.15, -0.1) is 0 Å². The Bertz CT molecular complexity index is 624. The minimum atomic E-state index is -1.63. The van der Waals surface area contributed by atoms with E-state index in [1.54, 1.807) is 12.1 Å². The Hall–Kier alpha value is -1.93. The summed E-state index contributed by atoms with van der Waals surface area (Å²) in [5.41, 5.74) is 0.792. The standard InChI is InChI=1S/C18H26BFN2O4/c1-12(2)11-17(19(25)26)21-18(24)8-7-16(23)15-9-10-22(15)14-5-3-13(20)4-6-14/h3-6,12,15,17,25-26H,7-11H2,1-2H3,(H,21,24)/t15-,17?/m0/s1. The smallest absolute Gasteiger partial charge is 0.426 e. The zero-order valence-corrected chi connectivity index (χ0v) is 15.2. The summed E-state index contributed by atoms with van der Waals surface area (Å²) in [6.07, 6.45) is 1.25. The Kier molecular flexibility index (Phi) is 7.17. The molecule has 8 heteroatoms. The molecule has 1 aromatic rings. The van der Waals surface area contributed by atoms with Crippen LogP contribution in [0.15, 0.2) is 24.3 Å². The number of ketones is 1. The SMILES string of the molecule is CC(C)CC(NC(=O)CCC(=O)[C@@H]1CCN1c1ccc(F)cc1)B(O)O. The van der Waals surface area contributed by atoms with Gasteiger partial charge in [-0.2, -0.15) is 0 Å². The van der Waals surface area contributed by atoms with E-state index in [1.165, 1.54) is 12.1 Å². The van der Waals surface area contributed by atoms with Crippen molar-refractivity contribution in [1.82, 2.24) is 5.32 Å². The lowest BCUT2D eigenvalue weighted by atomic mass is 9.75. The van der Waals surface area contributed by atoms with Gasteiger partial charge in [0.1, 0.15) is 5.82 Å². The van der Waals surface area contributed by atoms with E-state index in [9.17, 15) is 24.0 Å². The largest absolute Gasteiger partial charge is 0.475 e. The van der Waals surface area contributed by atoms with Gasteiger partial charge in [0, 0.05) is 25.1 Å². The number of benzene rings is 1. The molecule has 0 radical (unpaired) electrons. The van der Waals surface area contributed by atoms with Gasteiger partial charge in [-0.3, -0.25) is 9.59 Å². The lowest BCUT2D eigenvalue weighted by molar-refractivity contribution is -0.126. The van der Waals surface area contributed by atoms with Gasteiger partial charge in [-0.1, -0.05) is 13.8 Å². The predicted octanol–water partition coefficient (Wildman–Crippen LogP) is 1.30. The summed E-state index contributed by atoms with van der Waals surface area (Å²) in [7, 11) is -1.63. The van der Waals surface area contributed by atoms with Crippen molar-refractivity contribution in [1.29, 1.82) is 0 Å². The van der Waals surface area contributed by atoms with Crippen LogP contribution >= 0.6 is 0 Å². The third kappa shape index (κ3) is 5.54. The van der Waals surface area contributed by atoms with Gasteiger partial charge in [-0.05, 0) is 43.0 Å². The molecule has 0 aromatic heterocycles. The lowest BCUT2D eigenvalue weighted by Crippen LogP contribution is -2.53. The molecule has 1 amide bonds. The molecule has 3 N–H and O–H groups in total. The first kappa shape index (κ1) is 20.4. The van der Waals surface area contributed by atoms with Crippen LogP contribution in [0.4, 0.5) is 10.1 Å². The minimum absolute atomic E-state index is 0.00784. The zero-order valence-electron chi connectivity index (χ0n) is 15.2. The molecule has 26 heavy (non-hydrogen) atoms. The summed E-state index contributed by atoms with van der Waals surface area (Å²) >= 11 is 0. The summed E-state index contributed by atoms with van der Waals surface area (Å²) in [5.74, 6) is -1.28. The zero-order chi connectivity index (χ0) is 19.3. The minimum Gasteiger partial charge on any atom is -0.426 e. The van der Waals surface area contributed by atoms with E-state index < -0.39 is 13.1 Å². The molecule has 0 bridgehead atoms. The van der Waals surface area contributed by atoms with E-state index in [0.29, 0.717) is 12.8 Å². The molecule has 2 atom stereocenters. The van der Waals surface area contributed by atoms with Crippen molar-refractivity contribution >= 4 is 24.5 Å². The van der Waals surface area contributed by atoms with Crippen molar-refractivity contribution < 1.29 is 24.0 Å². The summed E-state index contributed by atoms with van der Waals surface area (Å²) < 4.78 is 13.0. The quantitative estimate of drug-likeness (QED) is 0.575. The van der Waals surface area contributed by atoms with Gasteiger partial charge in [0.2, 0.25) is 5.91 Å². The number of Topliss-reactive ketones (excluding diaryl/α,β-unsaturated/α-hetero) is 1. The van der Waals surface area contributed by atoms with Crippen LogP contribution in [0.1, 0.15) is 39.5 Å². The van der Waals surface area contributed by atoms with Crippen molar-refractivity contribution in [2.75, 3.05) is 11.4 Å². The maximum Gasteiger partial charge on any atom is 0.475 e. The van der Waals surface area contributed by atoms with E-state index >= 15 is 0 Å². The van der Waals surface area contributed by atoms with Crippen LogP contribution in [0, 0.1) is 11.7 Å². The highest BCUT2D eigenvalue weighted by Gasteiger charge is 2.34. The number of nitrogens with zero attached hydrogens (tertiary/aromatic N) is 1. The Labute approximate surface area is 153 Å². The fourth-order valence-corrected chi connectivity index (χ4v) is 3.11. The van der Waals surface area contributed by atoms with Gasteiger partial charge < -0.3 is 20.3 Å². The van der Waals surface area contributed by atoms with Gasteiger partial charge in [0.05, 0.1) is 12.0 Å². The van der Waals surface area contributed by atoms with Crippen LogP contribution in [0.25, 0.3) is 0 Å². The van der Waals surface area contributed by atoms with Gasteiger partial charge in [0.15, 0.2) is 5.78 Å². The van der Waals surface area contributed by atoms with Crippen molar-refractivity contribution in [3.05, 3.63) is 30.1 Å². The highest BCUT2D eigenvalue weighted by atomic mass is 19.1. The van der Waals surface area contributed by atoms with E-state index in [1.807, 2.05) is 18.7 Å². The predicted molar refractivity (Wildman–Crippen MR) is 98.0 cm³/mol. The monoisotopic (exact) mass is 364 g/mol. The summed E-state index contributed by atoms with van der Waals surface area (Å²) in [6, 6.07) is 5.71. The average molecular weight is 364 g/mol. The number of nitrogens with one attached hydrogen (secondary N) is 1. The molecule has 2 rings (SSSR count). The van der Waals surface area contributed by atoms with Gasteiger partial charge >= 0.3 is 7.12 Å². The number of halogens is 1. The van der Waals surface area contributed by atoms with E-state index in [2.05, 4.69) is 5.32 Å². The highest BCUT2D eigenvalue weighted by Crippen LogP contribution is 2.28. The van der Waals surface area contributed by atoms with Crippen LogP contribution in [-0.2, 0) is 9.59 Å². The second kappa shape index (κ2) is 9.14. The van der Waals surface area contributed by atoms with Crippen molar-refractivity contribution in [3.63, 3.8) is 0 Å². The summed E-state index contributed by atoms with van der Waals surface area (Å²) in [5, 5.41) is 21.3. The van der Waals surface area contributed by atoms with Crippen LogP contribution in [0.5, 0.6) is 0 Å². The summed E-state index contributed by atoms with van der Waals surface area (Å²) in [6.45, 7) is 4.57. The molecule has 142 valence electrons. The number of hydrogen-bond donors (Lipinski definition) is 3. The van der Waals surface area contributed by atoms with Crippen LogP contribution in [-0.4, -0.2) is 47.4 Å². The van der Waals surface area contributed by atoms with E-state index in [-0.39, 0.29) is 42.3 Å². The highest BCUT2D eigenvalue weighted by molar-refractivity contribution is 6.43. The molecule has 0 spiro atoms. The number of amides is 1. The first-order chi connectivity index (χ1) is 12.3. The number of rotatable bonds is 9. The lowest BCUT2D eigenvalue weighted by Gasteiger charge is -2.41. The van der Waals surface area contributed by atoms with Crippen molar-refractivity contribution in [2.24, 2.45) is 5.92 Å². The molecule has 1 aromatic carbocycles. The van der Waals surface area contributed by atoms with Crippen molar-refractivity contribution in [3.8, 4) is 0 Å². The Morgan fingerprint density at radius 2 is 1.92 bits per heavy atom. The molecule has 0 saturated carbocycles. The molecule has 1 aliphatic rings. The molecule has 6 nitrogen and oxygen atoms in total. The molecule has 1 aliphatic heterocycles. The molecule has 1 fully saturated rings. The Morgan fingerprint density at radius 1 is 1.27 bits per heavy atom. The molecule has 1 unspecified atom stereocenters. The normalized spacial score (nSPS) is 17.6. The van der Waals surface area contributed by atoms with Crippen LogP contribution in [0.3, 0.4) is 0 Å². The second-order valence-electron chi connectivity index (χ2n) is 7.16. The maximum atomic E-state index is 13.0. The molecular weight excluding hydrogens is 338 g/mol. The third-order valence-electron chi connectivity index (χ3n) is 4.58. The Morgan fingerprint density at radius 3 is 2.42 bits per heavy atom. The molecular formula is C18H26BFN2O4. The Balaban J connectivity index is 1.82. The average Bonchev–Trinajstić information content (AvgIpc) is 2.53. The second-order valence-corrected chi connectivity index (χ2v) is 7.16. The first-order valence-corrected chi connectivity index (χ1v) is 8.98. The van der Waals surface area contributed by atoms with E-state index in [0.717, 1.165) is 12.2 Å². The fourth-order valence-electron chi connectivity index (χ4n) is 3.11. The molecule has 1 heterocycles. The van der Waals surface area contributed by atoms with E-state index in [4.69, 9.17) is 0 Å². The third-order valence-corrected chi connectivity index (χ3v) is 4.58.